The zero-order valence-corrected chi connectivity index (χ0v) is 18.6. The number of ether oxygens (including phenoxy) is 1. The number of hydrogen-bond donors (Lipinski definition) is 0. The van der Waals surface area contributed by atoms with Crippen LogP contribution in [0.1, 0.15) is 5.56 Å². The van der Waals surface area contributed by atoms with Crippen molar-refractivity contribution < 1.29 is 17.9 Å². The number of nitrogens with zero attached hydrogens (tertiary/aromatic N) is 4. The fourth-order valence-corrected chi connectivity index (χ4v) is 4.12. The van der Waals surface area contributed by atoms with E-state index in [0.29, 0.717) is 34.0 Å². The lowest BCUT2D eigenvalue weighted by atomic mass is 10.0. The molecule has 0 unspecified atom stereocenters. The molecule has 5 nitrogen and oxygen atoms in total. The Labute approximate surface area is 203 Å². The first-order valence-electron chi connectivity index (χ1n) is 11.1. The number of aromatic nitrogens is 4. The van der Waals surface area contributed by atoms with E-state index < -0.39 is 11.7 Å². The highest BCUT2D eigenvalue weighted by Crippen LogP contribution is 2.35. The summed E-state index contributed by atoms with van der Waals surface area (Å²) in [6, 6.07) is 27.6. The van der Waals surface area contributed by atoms with Gasteiger partial charge in [0.2, 0.25) is 0 Å². The molecule has 3 aromatic heterocycles. The van der Waals surface area contributed by atoms with Crippen LogP contribution in [0.4, 0.5) is 13.2 Å². The van der Waals surface area contributed by atoms with E-state index in [4.69, 9.17) is 4.74 Å². The van der Waals surface area contributed by atoms with Gasteiger partial charge >= 0.3 is 6.18 Å². The average molecular weight is 482 g/mol. The highest BCUT2D eigenvalue weighted by atomic mass is 19.4. The number of rotatable bonds is 4. The number of pyridine rings is 2. The molecule has 0 aliphatic carbocycles. The molecule has 0 saturated carbocycles. The molecule has 176 valence electrons. The van der Waals surface area contributed by atoms with Gasteiger partial charge in [0, 0.05) is 22.7 Å². The predicted octanol–water partition coefficient (Wildman–Crippen LogP) is 7.42. The van der Waals surface area contributed by atoms with Gasteiger partial charge in [0.1, 0.15) is 17.1 Å². The van der Waals surface area contributed by atoms with Crippen LogP contribution >= 0.6 is 0 Å². The lowest BCUT2D eigenvalue weighted by Crippen LogP contribution is -2.04. The van der Waals surface area contributed by atoms with E-state index in [9.17, 15) is 13.2 Å². The molecule has 36 heavy (non-hydrogen) atoms. The van der Waals surface area contributed by atoms with Gasteiger partial charge < -0.3 is 4.74 Å². The zero-order chi connectivity index (χ0) is 24.7. The molecule has 0 atom stereocenters. The lowest BCUT2D eigenvalue weighted by molar-refractivity contribution is -0.137. The van der Waals surface area contributed by atoms with Gasteiger partial charge in [0.25, 0.3) is 0 Å². The molecule has 0 bridgehead atoms. The van der Waals surface area contributed by atoms with E-state index >= 15 is 0 Å². The molecule has 6 aromatic rings. The molecule has 0 saturated heterocycles. The summed E-state index contributed by atoms with van der Waals surface area (Å²) in [4.78, 5) is 4.53. The molecule has 0 aliphatic heterocycles. The van der Waals surface area contributed by atoms with E-state index in [0.717, 1.165) is 28.8 Å². The molecule has 8 heteroatoms. The minimum atomic E-state index is -4.40. The monoisotopic (exact) mass is 482 g/mol. The van der Waals surface area contributed by atoms with Gasteiger partial charge in [-0.15, -0.1) is 10.2 Å². The molecular weight excluding hydrogens is 465 g/mol. The Kier molecular flexibility index (Phi) is 5.14. The van der Waals surface area contributed by atoms with Crippen LogP contribution in [0.15, 0.2) is 103 Å². The number of fused-ring (bicyclic) bond motifs is 3. The van der Waals surface area contributed by atoms with E-state index in [-0.39, 0.29) is 0 Å². The SMILES string of the molecule is FC(F)(F)c1ccc(-c2cc3cccnc3n3c(-c4ccc(Oc5ccccc5)cc4)nnc23)cc1. The molecule has 0 spiro atoms. The third-order valence-electron chi connectivity index (χ3n) is 5.85. The first-order valence-corrected chi connectivity index (χ1v) is 11.1. The topological polar surface area (TPSA) is 52.3 Å². The largest absolute Gasteiger partial charge is 0.457 e. The molecule has 3 aromatic carbocycles. The van der Waals surface area contributed by atoms with Gasteiger partial charge in [-0.2, -0.15) is 13.2 Å². The van der Waals surface area contributed by atoms with E-state index in [1.807, 2.05) is 77.2 Å². The van der Waals surface area contributed by atoms with Gasteiger partial charge in [-0.1, -0.05) is 30.3 Å². The maximum atomic E-state index is 13.1. The van der Waals surface area contributed by atoms with Crippen molar-refractivity contribution in [1.82, 2.24) is 19.6 Å². The van der Waals surface area contributed by atoms with E-state index in [1.165, 1.54) is 12.1 Å². The number of benzene rings is 3. The van der Waals surface area contributed by atoms with Crippen molar-refractivity contribution in [2.45, 2.75) is 6.18 Å². The van der Waals surface area contributed by atoms with Crippen molar-refractivity contribution in [3.8, 4) is 34.0 Å². The van der Waals surface area contributed by atoms with Crippen LogP contribution in [0.2, 0.25) is 0 Å². The summed E-state index contributed by atoms with van der Waals surface area (Å²) in [6.45, 7) is 0. The van der Waals surface area contributed by atoms with Crippen molar-refractivity contribution in [1.29, 1.82) is 0 Å². The van der Waals surface area contributed by atoms with Crippen LogP contribution in [0, 0.1) is 0 Å². The highest BCUT2D eigenvalue weighted by molar-refractivity contribution is 5.91. The molecule has 3 heterocycles. The summed E-state index contributed by atoms with van der Waals surface area (Å²) >= 11 is 0. The first-order chi connectivity index (χ1) is 17.5. The van der Waals surface area contributed by atoms with Crippen LogP contribution < -0.4 is 4.74 Å². The Morgan fingerprint density at radius 2 is 1.36 bits per heavy atom. The third-order valence-corrected chi connectivity index (χ3v) is 5.85. The predicted molar refractivity (Wildman–Crippen MR) is 131 cm³/mol. The maximum Gasteiger partial charge on any atom is 0.416 e. The summed E-state index contributed by atoms with van der Waals surface area (Å²) in [5, 5.41) is 9.64. The second-order valence-electron chi connectivity index (χ2n) is 8.17. The van der Waals surface area contributed by atoms with Crippen molar-refractivity contribution >= 4 is 16.7 Å². The molecule has 0 amide bonds. The van der Waals surface area contributed by atoms with Crippen molar-refractivity contribution in [3.05, 3.63) is 109 Å². The molecule has 0 radical (unpaired) electrons. The average Bonchev–Trinajstić information content (AvgIpc) is 3.34. The Morgan fingerprint density at radius 3 is 2.08 bits per heavy atom. The minimum absolute atomic E-state index is 0.501. The zero-order valence-electron chi connectivity index (χ0n) is 18.6. The number of halogens is 3. The van der Waals surface area contributed by atoms with Crippen LogP contribution in [-0.4, -0.2) is 19.6 Å². The molecular formula is C28H17F3N4O. The van der Waals surface area contributed by atoms with Crippen molar-refractivity contribution in [2.75, 3.05) is 0 Å². The molecule has 6 rings (SSSR count). The van der Waals surface area contributed by atoms with Gasteiger partial charge in [0.15, 0.2) is 11.5 Å². The smallest absolute Gasteiger partial charge is 0.416 e. The number of alkyl halides is 3. The van der Waals surface area contributed by atoms with E-state index in [2.05, 4.69) is 15.2 Å². The Morgan fingerprint density at radius 1 is 0.667 bits per heavy atom. The summed E-state index contributed by atoms with van der Waals surface area (Å²) in [6.07, 6.45) is -2.72. The quantitative estimate of drug-likeness (QED) is 0.262. The highest BCUT2D eigenvalue weighted by Gasteiger charge is 2.30. The Balaban J connectivity index is 1.46. The minimum Gasteiger partial charge on any atom is -0.457 e. The van der Waals surface area contributed by atoms with Gasteiger partial charge in [-0.05, 0) is 72.3 Å². The van der Waals surface area contributed by atoms with E-state index in [1.54, 1.807) is 6.20 Å². The molecule has 0 fully saturated rings. The molecule has 0 N–H and O–H groups in total. The Bertz CT molecular complexity index is 1680. The lowest BCUT2D eigenvalue weighted by Gasteiger charge is -2.11. The van der Waals surface area contributed by atoms with Gasteiger partial charge in [0.05, 0.1) is 5.56 Å². The van der Waals surface area contributed by atoms with Gasteiger partial charge in [-0.3, -0.25) is 4.40 Å². The summed E-state index contributed by atoms with van der Waals surface area (Å²) in [7, 11) is 0. The second-order valence-corrected chi connectivity index (χ2v) is 8.17. The van der Waals surface area contributed by atoms with Crippen molar-refractivity contribution in [2.24, 2.45) is 0 Å². The fraction of sp³-hybridized carbons (Fsp3) is 0.0357. The van der Waals surface area contributed by atoms with Crippen LogP contribution in [0.5, 0.6) is 11.5 Å². The van der Waals surface area contributed by atoms with Crippen molar-refractivity contribution in [3.63, 3.8) is 0 Å². The third kappa shape index (κ3) is 3.92. The fourth-order valence-electron chi connectivity index (χ4n) is 4.12. The van der Waals surface area contributed by atoms with Crippen LogP contribution in [0.25, 0.3) is 39.2 Å². The van der Waals surface area contributed by atoms with Crippen LogP contribution in [-0.2, 0) is 6.18 Å². The summed E-state index contributed by atoms with van der Waals surface area (Å²) in [5.41, 5.74) is 2.49. The van der Waals surface area contributed by atoms with Crippen LogP contribution in [0.3, 0.4) is 0 Å². The first kappa shape index (κ1) is 21.8. The second kappa shape index (κ2) is 8.49. The summed E-state index contributed by atoms with van der Waals surface area (Å²) in [5.74, 6) is 1.97. The standard InChI is InChI=1S/C28H17F3N4O/c29-28(30,31)21-12-8-18(9-13-21)24-17-20-5-4-16-32-25(20)35-26(33-34-27(24)35)19-10-14-23(15-11-19)36-22-6-2-1-3-7-22/h1-17H. The number of para-hydroxylation sites is 1. The van der Waals surface area contributed by atoms with Gasteiger partial charge in [-0.25, -0.2) is 4.98 Å². The summed E-state index contributed by atoms with van der Waals surface area (Å²) < 4.78 is 47.0. The number of hydrogen-bond acceptors (Lipinski definition) is 4. The Hall–Kier alpha value is -4.72. The normalized spacial score (nSPS) is 11.8. The maximum absolute atomic E-state index is 13.1. The molecule has 0 aliphatic rings.